The lowest BCUT2D eigenvalue weighted by molar-refractivity contribution is -0.155. The average Bonchev–Trinajstić information content (AvgIpc) is 2.78. The molecule has 0 saturated heterocycles. The Morgan fingerprint density at radius 2 is 2.00 bits per heavy atom. The highest BCUT2D eigenvalue weighted by Gasteiger charge is 2.29. The van der Waals surface area contributed by atoms with Gasteiger partial charge in [-0.05, 0) is 25.3 Å². The molecule has 0 bridgehead atoms. The molecule has 32 heavy (non-hydrogen) atoms. The van der Waals surface area contributed by atoms with Gasteiger partial charge >= 0.3 is 11.9 Å². The molecule has 3 unspecified atom stereocenters. The molecule has 0 fully saturated rings. The van der Waals surface area contributed by atoms with Gasteiger partial charge in [-0.1, -0.05) is 42.5 Å². The minimum Gasteiger partial charge on any atom is -0.463 e. The van der Waals surface area contributed by atoms with Crippen LogP contribution in [0.3, 0.4) is 0 Å². The summed E-state index contributed by atoms with van der Waals surface area (Å²) >= 11 is 0. The minimum atomic E-state index is -1.19. The molecule has 2 amide bonds. The van der Waals surface area contributed by atoms with Gasteiger partial charge in [-0.2, -0.15) is 0 Å². The van der Waals surface area contributed by atoms with Gasteiger partial charge in [-0.25, -0.2) is 4.79 Å². The van der Waals surface area contributed by atoms with E-state index in [1.165, 1.54) is 0 Å². The second kappa shape index (κ2) is 13.3. The lowest BCUT2D eigenvalue weighted by atomic mass is 9.98. The van der Waals surface area contributed by atoms with E-state index in [4.69, 9.17) is 14.6 Å². The number of carbonyl (C=O) groups excluding carboxylic acids is 4. The lowest BCUT2D eigenvalue weighted by Crippen LogP contribution is -2.48. The number of allylic oxidation sites excluding steroid dienone is 2. The van der Waals surface area contributed by atoms with E-state index in [9.17, 15) is 19.2 Å². The number of hydrogen-bond donors (Lipinski definition) is 3. The van der Waals surface area contributed by atoms with Crippen molar-refractivity contribution in [2.45, 2.75) is 51.3 Å². The molecule has 0 spiro atoms. The van der Waals surface area contributed by atoms with Crippen LogP contribution < -0.4 is 10.6 Å². The standard InChI is InChI=1S/C23H30N2O7/c1-16(13-26)24-20(27)12-18-10-6-3-7-11-21(28)31-15-19(25-22(18)29)23(30)32-14-17-8-4-2-5-9-17/h2-6,8-9,16,18-19,26H,7,10-15H2,1H3,(H,24,27)(H,25,29). The number of rotatable bonds is 7. The van der Waals surface area contributed by atoms with Crippen LogP contribution in [0, 0.1) is 5.92 Å². The van der Waals surface area contributed by atoms with Gasteiger partial charge in [0.2, 0.25) is 11.8 Å². The summed E-state index contributed by atoms with van der Waals surface area (Å²) in [4.78, 5) is 49.6. The Balaban J connectivity index is 2.08. The Hall–Kier alpha value is -3.20. The van der Waals surface area contributed by atoms with Crippen molar-refractivity contribution in [2.75, 3.05) is 13.2 Å². The highest BCUT2D eigenvalue weighted by molar-refractivity contribution is 5.89. The summed E-state index contributed by atoms with van der Waals surface area (Å²) < 4.78 is 10.4. The number of hydrogen-bond acceptors (Lipinski definition) is 7. The van der Waals surface area contributed by atoms with Crippen LogP contribution in [0.1, 0.15) is 38.2 Å². The molecule has 0 saturated carbocycles. The molecule has 1 aromatic rings. The topological polar surface area (TPSA) is 131 Å². The van der Waals surface area contributed by atoms with E-state index in [1.807, 2.05) is 18.2 Å². The maximum Gasteiger partial charge on any atom is 0.332 e. The van der Waals surface area contributed by atoms with Crippen molar-refractivity contribution < 1.29 is 33.8 Å². The molecule has 3 N–H and O–H groups in total. The maximum atomic E-state index is 12.9. The third-order valence-corrected chi connectivity index (χ3v) is 4.82. The van der Waals surface area contributed by atoms with Crippen molar-refractivity contribution in [3.8, 4) is 0 Å². The minimum absolute atomic E-state index is 0.00755. The van der Waals surface area contributed by atoms with E-state index < -0.39 is 35.8 Å². The van der Waals surface area contributed by atoms with Crippen molar-refractivity contribution in [1.82, 2.24) is 10.6 Å². The van der Waals surface area contributed by atoms with Gasteiger partial charge < -0.3 is 25.2 Å². The fraction of sp³-hybridized carbons (Fsp3) is 0.478. The van der Waals surface area contributed by atoms with Gasteiger partial charge in [0.15, 0.2) is 6.04 Å². The van der Waals surface area contributed by atoms with Crippen LogP contribution in [-0.2, 0) is 35.3 Å². The molecule has 9 nitrogen and oxygen atoms in total. The van der Waals surface area contributed by atoms with E-state index in [-0.39, 0.29) is 45.0 Å². The number of amides is 2. The number of cyclic esters (lactones) is 1. The average molecular weight is 447 g/mol. The molecule has 2 rings (SSSR count). The van der Waals surface area contributed by atoms with E-state index in [1.54, 1.807) is 31.2 Å². The van der Waals surface area contributed by atoms with Crippen molar-refractivity contribution in [2.24, 2.45) is 5.92 Å². The number of nitrogens with one attached hydrogen (secondary N) is 2. The first-order chi connectivity index (χ1) is 15.4. The van der Waals surface area contributed by atoms with E-state index in [2.05, 4.69) is 10.6 Å². The van der Waals surface area contributed by atoms with E-state index >= 15 is 0 Å². The smallest absolute Gasteiger partial charge is 0.332 e. The molecule has 0 aromatic heterocycles. The highest BCUT2D eigenvalue weighted by Crippen LogP contribution is 2.13. The molecule has 174 valence electrons. The van der Waals surface area contributed by atoms with Crippen molar-refractivity contribution in [3.63, 3.8) is 0 Å². The van der Waals surface area contributed by atoms with Crippen LogP contribution in [0.2, 0.25) is 0 Å². The molecule has 0 aliphatic carbocycles. The zero-order valence-corrected chi connectivity index (χ0v) is 18.1. The molecular weight excluding hydrogens is 416 g/mol. The normalized spacial score (nSPS) is 20.7. The van der Waals surface area contributed by atoms with Crippen LogP contribution in [-0.4, -0.2) is 54.2 Å². The zero-order valence-electron chi connectivity index (χ0n) is 18.1. The van der Waals surface area contributed by atoms with Gasteiger partial charge in [-0.15, -0.1) is 0 Å². The first-order valence-electron chi connectivity index (χ1n) is 10.6. The third kappa shape index (κ3) is 8.89. The fourth-order valence-corrected chi connectivity index (χ4v) is 3.00. The SMILES string of the molecule is CC(CO)NC(=O)CC1CC=CCCC(=O)OCC(C(=O)OCc2ccccc2)NC1=O. The summed E-state index contributed by atoms with van der Waals surface area (Å²) in [5, 5.41) is 14.3. The molecular formula is C23H30N2O7. The Bertz CT molecular complexity index is 810. The van der Waals surface area contributed by atoms with Crippen molar-refractivity contribution >= 4 is 23.8 Å². The Labute approximate surface area is 187 Å². The molecule has 3 atom stereocenters. The molecule has 1 heterocycles. The van der Waals surface area contributed by atoms with Gasteiger partial charge in [0.1, 0.15) is 13.2 Å². The number of aliphatic hydroxyl groups excluding tert-OH is 1. The monoisotopic (exact) mass is 446 g/mol. The van der Waals surface area contributed by atoms with Crippen LogP contribution in [0.15, 0.2) is 42.5 Å². The summed E-state index contributed by atoms with van der Waals surface area (Å²) in [6.45, 7) is 1.07. The predicted molar refractivity (Wildman–Crippen MR) is 115 cm³/mol. The lowest BCUT2D eigenvalue weighted by Gasteiger charge is -2.22. The first-order valence-corrected chi connectivity index (χ1v) is 10.6. The Kier molecular flexibility index (Phi) is 10.4. The molecule has 9 heteroatoms. The van der Waals surface area contributed by atoms with Gasteiger partial charge in [0.05, 0.1) is 12.5 Å². The van der Waals surface area contributed by atoms with E-state index in [0.29, 0.717) is 6.42 Å². The fourth-order valence-electron chi connectivity index (χ4n) is 3.00. The maximum absolute atomic E-state index is 12.9. The van der Waals surface area contributed by atoms with Gasteiger partial charge in [-0.3, -0.25) is 14.4 Å². The van der Waals surface area contributed by atoms with Crippen LogP contribution >= 0.6 is 0 Å². The summed E-state index contributed by atoms with van der Waals surface area (Å²) in [5.74, 6) is -2.88. The second-order valence-electron chi connectivity index (χ2n) is 7.64. The van der Waals surface area contributed by atoms with E-state index in [0.717, 1.165) is 5.56 Å². The zero-order chi connectivity index (χ0) is 23.3. The van der Waals surface area contributed by atoms with Crippen LogP contribution in [0.5, 0.6) is 0 Å². The molecule has 1 aromatic carbocycles. The quantitative estimate of drug-likeness (QED) is 0.421. The van der Waals surface area contributed by atoms with Gasteiger partial charge in [0, 0.05) is 18.9 Å². The summed E-state index contributed by atoms with van der Waals surface area (Å²) in [6.07, 6.45) is 4.17. The number of ether oxygens (including phenoxy) is 2. The largest absolute Gasteiger partial charge is 0.463 e. The first kappa shape index (κ1) is 25.1. The van der Waals surface area contributed by atoms with Crippen molar-refractivity contribution in [3.05, 3.63) is 48.0 Å². The number of aliphatic hydroxyl groups is 1. The summed E-state index contributed by atoms with van der Waals surface area (Å²) in [5.41, 5.74) is 0.773. The number of carbonyl (C=O) groups is 4. The number of benzene rings is 1. The van der Waals surface area contributed by atoms with Gasteiger partial charge in [0.25, 0.3) is 0 Å². The second-order valence-corrected chi connectivity index (χ2v) is 7.64. The molecule has 0 radical (unpaired) electrons. The Morgan fingerprint density at radius 3 is 2.72 bits per heavy atom. The molecule has 1 aliphatic heterocycles. The summed E-state index contributed by atoms with van der Waals surface area (Å²) in [6, 6.07) is 7.41. The van der Waals surface area contributed by atoms with Crippen LogP contribution in [0.25, 0.3) is 0 Å². The number of esters is 2. The highest BCUT2D eigenvalue weighted by atomic mass is 16.6. The summed E-state index contributed by atoms with van der Waals surface area (Å²) in [7, 11) is 0. The predicted octanol–water partition coefficient (Wildman–Crippen LogP) is 1.00. The molecule has 1 aliphatic rings. The third-order valence-electron chi connectivity index (χ3n) is 4.82. The van der Waals surface area contributed by atoms with Crippen LogP contribution in [0.4, 0.5) is 0 Å². The van der Waals surface area contributed by atoms with Crippen molar-refractivity contribution in [1.29, 1.82) is 0 Å². The Morgan fingerprint density at radius 1 is 1.25 bits per heavy atom.